The van der Waals surface area contributed by atoms with Gasteiger partial charge in [-0.1, -0.05) is 12.1 Å². The number of carbonyl (C=O) groups is 2. The van der Waals surface area contributed by atoms with Gasteiger partial charge in [0.25, 0.3) is 0 Å². The molecule has 0 aliphatic carbocycles. The highest BCUT2D eigenvalue weighted by atomic mass is 19.4. The van der Waals surface area contributed by atoms with Gasteiger partial charge in [-0.3, -0.25) is 4.79 Å². The van der Waals surface area contributed by atoms with Crippen molar-refractivity contribution in [2.24, 2.45) is 0 Å². The summed E-state index contributed by atoms with van der Waals surface area (Å²) in [5.74, 6) is -0.901. The first-order valence-corrected chi connectivity index (χ1v) is 10.5. The molecule has 1 saturated heterocycles. The lowest BCUT2D eigenvalue weighted by molar-refractivity contribution is -0.137. The SMILES string of the molecule is O=C(Nc1ccc(C(F)(F)F)cc1)N[C@@H]1CCCN(c2ccc(-c3cccnc3F)cc2)C1=O. The molecule has 2 heterocycles. The number of hydrogen-bond acceptors (Lipinski definition) is 3. The van der Waals surface area contributed by atoms with Crippen molar-refractivity contribution in [1.29, 1.82) is 0 Å². The number of benzene rings is 2. The van der Waals surface area contributed by atoms with E-state index >= 15 is 0 Å². The van der Waals surface area contributed by atoms with Gasteiger partial charge in [0, 0.05) is 29.7 Å². The average Bonchev–Trinajstić information content (AvgIpc) is 2.81. The average molecular weight is 472 g/mol. The van der Waals surface area contributed by atoms with Gasteiger partial charge in [-0.25, -0.2) is 9.78 Å². The van der Waals surface area contributed by atoms with Crippen LogP contribution in [0.2, 0.25) is 0 Å². The minimum Gasteiger partial charge on any atom is -0.326 e. The normalized spacial score (nSPS) is 16.3. The van der Waals surface area contributed by atoms with Crippen LogP contribution >= 0.6 is 0 Å². The van der Waals surface area contributed by atoms with Crippen LogP contribution in [-0.4, -0.2) is 29.5 Å². The van der Waals surface area contributed by atoms with Crippen molar-refractivity contribution in [3.05, 3.63) is 78.4 Å². The largest absolute Gasteiger partial charge is 0.416 e. The number of rotatable bonds is 4. The number of piperidine rings is 1. The minimum atomic E-state index is -4.47. The van der Waals surface area contributed by atoms with Crippen LogP contribution in [-0.2, 0) is 11.0 Å². The van der Waals surface area contributed by atoms with Gasteiger partial charge in [0.15, 0.2) is 0 Å². The Kier molecular flexibility index (Phi) is 6.49. The molecule has 6 nitrogen and oxygen atoms in total. The zero-order valence-corrected chi connectivity index (χ0v) is 17.8. The summed E-state index contributed by atoms with van der Waals surface area (Å²) in [6, 6.07) is 12.6. The Morgan fingerprint density at radius 2 is 1.74 bits per heavy atom. The maximum Gasteiger partial charge on any atom is 0.416 e. The molecule has 34 heavy (non-hydrogen) atoms. The fraction of sp³-hybridized carbons (Fsp3) is 0.208. The summed E-state index contributed by atoms with van der Waals surface area (Å²) in [5.41, 5.74) is 0.910. The lowest BCUT2D eigenvalue weighted by Crippen LogP contribution is -2.53. The molecular formula is C24H20F4N4O2. The summed E-state index contributed by atoms with van der Waals surface area (Å²) in [7, 11) is 0. The maximum absolute atomic E-state index is 13.9. The minimum absolute atomic E-state index is 0.170. The van der Waals surface area contributed by atoms with Gasteiger partial charge in [-0.15, -0.1) is 0 Å². The van der Waals surface area contributed by atoms with Gasteiger partial charge in [0.1, 0.15) is 6.04 Å². The van der Waals surface area contributed by atoms with Gasteiger partial charge in [0.2, 0.25) is 11.9 Å². The van der Waals surface area contributed by atoms with Crippen LogP contribution < -0.4 is 15.5 Å². The van der Waals surface area contributed by atoms with E-state index < -0.39 is 29.8 Å². The van der Waals surface area contributed by atoms with Crippen molar-refractivity contribution >= 4 is 23.3 Å². The first-order chi connectivity index (χ1) is 16.2. The fourth-order valence-electron chi connectivity index (χ4n) is 3.76. The summed E-state index contributed by atoms with van der Waals surface area (Å²) in [5, 5.41) is 5.03. The monoisotopic (exact) mass is 472 g/mol. The van der Waals surface area contributed by atoms with Crippen molar-refractivity contribution in [2.45, 2.75) is 25.1 Å². The number of halogens is 4. The van der Waals surface area contributed by atoms with E-state index in [1.807, 2.05) is 0 Å². The lowest BCUT2D eigenvalue weighted by atomic mass is 10.0. The Morgan fingerprint density at radius 3 is 2.38 bits per heavy atom. The van der Waals surface area contributed by atoms with Crippen molar-refractivity contribution < 1.29 is 27.2 Å². The number of carbonyl (C=O) groups excluding carboxylic acids is 2. The number of nitrogens with zero attached hydrogens (tertiary/aromatic N) is 2. The molecule has 10 heteroatoms. The molecule has 3 aromatic rings. The molecule has 0 spiro atoms. The van der Waals surface area contributed by atoms with Gasteiger partial charge >= 0.3 is 12.2 Å². The quantitative estimate of drug-likeness (QED) is 0.404. The van der Waals surface area contributed by atoms with E-state index in [0.717, 1.165) is 24.3 Å². The van der Waals surface area contributed by atoms with Gasteiger partial charge in [-0.05, 0) is 66.9 Å². The van der Waals surface area contributed by atoms with Crippen LogP contribution in [0.25, 0.3) is 11.1 Å². The van der Waals surface area contributed by atoms with Crippen LogP contribution in [0, 0.1) is 5.95 Å². The van der Waals surface area contributed by atoms with Crippen molar-refractivity contribution in [3.63, 3.8) is 0 Å². The number of alkyl halides is 3. The van der Waals surface area contributed by atoms with E-state index in [0.29, 0.717) is 36.2 Å². The summed E-state index contributed by atoms with van der Waals surface area (Å²) in [6.07, 6.45) is -2.05. The highest BCUT2D eigenvalue weighted by molar-refractivity contribution is 6.01. The van der Waals surface area contributed by atoms with Crippen LogP contribution in [0.5, 0.6) is 0 Å². The van der Waals surface area contributed by atoms with E-state index in [4.69, 9.17) is 0 Å². The maximum atomic E-state index is 13.9. The third-order valence-electron chi connectivity index (χ3n) is 5.46. The Balaban J connectivity index is 1.40. The smallest absolute Gasteiger partial charge is 0.326 e. The highest BCUT2D eigenvalue weighted by Gasteiger charge is 2.32. The third-order valence-corrected chi connectivity index (χ3v) is 5.46. The van der Waals surface area contributed by atoms with E-state index in [1.54, 1.807) is 36.4 Å². The van der Waals surface area contributed by atoms with Gasteiger partial charge < -0.3 is 15.5 Å². The number of hydrogen-bond donors (Lipinski definition) is 2. The molecule has 1 aliphatic heterocycles. The zero-order valence-electron chi connectivity index (χ0n) is 17.8. The first kappa shape index (κ1) is 23.2. The predicted octanol–water partition coefficient (Wildman–Crippen LogP) is 5.22. The highest BCUT2D eigenvalue weighted by Crippen LogP contribution is 2.30. The van der Waals surface area contributed by atoms with E-state index in [9.17, 15) is 27.2 Å². The second kappa shape index (κ2) is 9.50. The Bertz CT molecular complexity index is 1180. The number of anilines is 2. The fourth-order valence-corrected chi connectivity index (χ4v) is 3.76. The molecule has 0 unspecified atom stereocenters. The molecule has 0 saturated carbocycles. The number of nitrogens with one attached hydrogen (secondary N) is 2. The Hall–Kier alpha value is -3.95. The molecule has 176 valence electrons. The molecule has 0 radical (unpaired) electrons. The summed E-state index contributed by atoms with van der Waals surface area (Å²) in [6.45, 7) is 0.456. The van der Waals surface area contributed by atoms with Crippen molar-refractivity contribution in [2.75, 3.05) is 16.8 Å². The van der Waals surface area contributed by atoms with Crippen LogP contribution in [0.15, 0.2) is 66.9 Å². The Morgan fingerprint density at radius 1 is 1.03 bits per heavy atom. The second-order valence-electron chi connectivity index (χ2n) is 7.75. The number of aromatic nitrogens is 1. The first-order valence-electron chi connectivity index (χ1n) is 10.5. The number of amides is 3. The molecule has 3 amide bonds. The summed E-state index contributed by atoms with van der Waals surface area (Å²) < 4.78 is 51.9. The summed E-state index contributed by atoms with van der Waals surface area (Å²) in [4.78, 5) is 30.5. The van der Waals surface area contributed by atoms with Gasteiger partial charge in [-0.2, -0.15) is 17.6 Å². The third kappa shape index (κ3) is 5.16. The standard InChI is InChI=1S/C24H20F4N4O2/c25-21-19(3-1-13-29-21)15-5-11-18(12-6-15)32-14-2-4-20(22(32)33)31-23(34)30-17-9-7-16(8-10-17)24(26,27)28/h1,3,5-13,20H,2,4,14H2,(H2,30,31,34)/t20-/m1/s1. The van der Waals surface area contributed by atoms with E-state index in [-0.39, 0.29) is 11.6 Å². The zero-order chi connectivity index (χ0) is 24.3. The van der Waals surface area contributed by atoms with Crippen LogP contribution in [0.4, 0.5) is 33.7 Å². The lowest BCUT2D eigenvalue weighted by Gasteiger charge is -2.32. The van der Waals surface area contributed by atoms with Crippen LogP contribution in [0.1, 0.15) is 18.4 Å². The summed E-state index contributed by atoms with van der Waals surface area (Å²) >= 11 is 0. The molecule has 1 fully saturated rings. The molecule has 1 atom stereocenters. The number of urea groups is 1. The van der Waals surface area contributed by atoms with Crippen molar-refractivity contribution in [3.8, 4) is 11.1 Å². The molecule has 2 N–H and O–H groups in total. The number of pyridine rings is 1. The molecule has 1 aliphatic rings. The van der Waals surface area contributed by atoms with Gasteiger partial charge in [0.05, 0.1) is 5.56 Å². The molecule has 2 aromatic carbocycles. The Labute approximate surface area is 192 Å². The molecular weight excluding hydrogens is 452 g/mol. The van der Waals surface area contributed by atoms with Crippen molar-refractivity contribution in [1.82, 2.24) is 10.3 Å². The topological polar surface area (TPSA) is 74.3 Å². The van der Waals surface area contributed by atoms with E-state index in [2.05, 4.69) is 15.6 Å². The second-order valence-corrected chi connectivity index (χ2v) is 7.75. The molecule has 1 aromatic heterocycles. The molecule has 0 bridgehead atoms. The van der Waals surface area contributed by atoms with E-state index in [1.165, 1.54) is 11.1 Å². The molecule has 4 rings (SSSR count). The van der Waals surface area contributed by atoms with Crippen LogP contribution in [0.3, 0.4) is 0 Å². The predicted molar refractivity (Wildman–Crippen MR) is 119 cm³/mol.